The molecule has 20 heteroatoms. The number of esters is 2. The van der Waals surface area contributed by atoms with Gasteiger partial charge in [0, 0.05) is 38.4 Å². The first kappa shape index (κ1) is 43.0. The SMILES string of the molecule is CC(=O)O[C@@H]1[C@H](OC(C)=O)[C@@H](COP(=O)(OCCC#N)Oc2ccc(C[C@H](NC(=O)OCC3c4ccccc4-c4ccccc43)C(=O)O)cc2)O[C@H]1n1ccc(=O)[nH]c1=O. The van der Waals surface area contributed by atoms with Crippen LogP contribution in [0.25, 0.3) is 11.1 Å². The zero-order chi connectivity index (χ0) is 43.0. The van der Waals surface area contributed by atoms with Gasteiger partial charge >= 0.3 is 37.5 Å². The Hall–Kier alpha value is -6.58. The topological polar surface area (TPSA) is 261 Å². The third-order valence-electron chi connectivity index (χ3n) is 9.39. The number of hydrogen-bond acceptors (Lipinski definition) is 15. The minimum Gasteiger partial charge on any atom is -0.480 e. The van der Waals surface area contributed by atoms with Crippen LogP contribution in [0.4, 0.5) is 4.79 Å². The summed E-state index contributed by atoms with van der Waals surface area (Å²) in [5.74, 6) is -3.28. The third kappa shape index (κ3) is 10.3. The van der Waals surface area contributed by atoms with Gasteiger partial charge in [0.1, 0.15) is 24.5 Å². The standard InChI is InChI=1S/C40H39N4O15P/c1-23(45)56-35-33(58-37(36(35)57-24(2)46)44-18-16-34(47)43-39(44)50)22-55-60(52,54-19-7-17-41)59-26-14-12-25(13-15-26)20-32(38(48)49)42-40(51)53-21-31-29-10-5-3-8-27(29)28-9-4-6-11-30(28)31/h3-6,8-16,18,31-33,35-37H,7,19-22H2,1-2H3,(H,42,51)(H,48,49)(H,43,47,50)/t32-,33+,35+,36+,37+,60?/m0/s1. The highest BCUT2D eigenvalue weighted by atomic mass is 31.2. The fourth-order valence-corrected chi connectivity index (χ4v) is 8.04. The summed E-state index contributed by atoms with van der Waals surface area (Å²) in [6, 6.07) is 22.6. The maximum absolute atomic E-state index is 14.0. The number of fused-ring (bicyclic) bond motifs is 3. The number of H-pyrrole nitrogens is 1. The van der Waals surface area contributed by atoms with E-state index in [0.29, 0.717) is 5.56 Å². The maximum Gasteiger partial charge on any atom is 0.530 e. The summed E-state index contributed by atoms with van der Waals surface area (Å²) in [5.41, 5.74) is 2.84. The summed E-state index contributed by atoms with van der Waals surface area (Å²) in [6.45, 7) is 1.02. The van der Waals surface area contributed by atoms with Gasteiger partial charge in [0.25, 0.3) is 5.56 Å². The number of carboxylic acids is 1. The van der Waals surface area contributed by atoms with Crippen molar-refractivity contribution in [1.82, 2.24) is 14.9 Å². The summed E-state index contributed by atoms with van der Waals surface area (Å²) < 4.78 is 53.6. The molecule has 1 aliphatic heterocycles. The number of benzene rings is 3. The minimum absolute atomic E-state index is 0.0173. The second-order valence-electron chi connectivity index (χ2n) is 13.5. The van der Waals surface area contributed by atoms with Crippen molar-refractivity contribution in [3.8, 4) is 22.9 Å². The number of ether oxygens (including phenoxy) is 4. The van der Waals surface area contributed by atoms with E-state index in [1.165, 1.54) is 24.3 Å². The molecule has 1 aliphatic carbocycles. The van der Waals surface area contributed by atoms with Gasteiger partial charge in [-0.15, -0.1) is 0 Å². The average Bonchev–Trinajstić information content (AvgIpc) is 3.70. The number of rotatable bonds is 17. The van der Waals surface area contributed by atoms with E-state index in [1.807, 2.05) is 59.6 Å². The van der Waals surface area contributed by atoms with Crippen molar-refractivity contribution in [2.75, 3.05) is 19.8 Å². The Bertz CT molecular complexity index is 2400. The fraction of sp³-hybridized carbons (Fsp3) is 0.325. The lowest BCUT2D eigenvalue weighted by Gasteiger charge is -2.24. The number of nitriles is 1. The quantitative estimate of drug-likeness (QED) is 0.0588. The molecule has 19 nitrogen and oxygen atoms in total. The van der Waals surface area contributed by atoms with Crippen molar-refractivity contribution in [1.29, 1.82) is 5.26 Å². The summed E-state index contributed by atoms with van der Waals surface area (Å²) in [6.07, 6.45) is -5.91. The first-order valence-electron chi connectivity index (χ1n) is 18.5. The van der Waals surface area contributed by atoms with E-state index < -0.39 is 86.9 Å². The van der Waals surface area contributed by atoms with Crippen LogP contribution < -0.4 is 21.1 Å². The van der Waals surface area contributed by atoms with Crippen molar-refractivity contribution in [3.05, 3.63) is 123 Å². The van der Waals surface area contributed by atoms with E-state index in [4.69, 9.17) is 37.8 Å². The molecule has 314 valence electrons. The number of alkyl carbamates (subject to hydrolysis) is 1. The van der Waals surface area contributed by atoms with E-state index in [2.05, 4.69) is 5.32 Å². The van der Waals surface area contributed by atoms with Crippen molar-refractivity contribution in [2.24, 2.45) is 0 Å². The van der Waals surface area contributed by atoms with Gasteiger partial charge < -0.3 is 33.9 Å². The molecule has 1 unspecified atom stereocenters. The number of nitrogens with one attached hydrogen (secondary N) is 2. The molecule has 1 fully saturated rings. The number of carbonyl (C=O) groups excluding carboxylic acids is 3. The van der Waals surface area contributed by atoms with Gasteiger partial charge in [0.05, 0.1) is 25.7 Å². The molecule has 60 heavy (non-hydrogen) atoms. The molecule has 6 atom stereocenters. The van der Waals surface area contributed by atoms with Crippen LogP contribution in [0.15, 0.2) is 94.6 Å². The molecule has 6 rings (SSSR count). The second-order valence-corrected chi connectivity index (χ2v) is 15.1. The van der Waals surface area contributed by atoms with Crippen LogP contribution in [0.5, 0.6) is 5.75 Å². The number of amides is 1. The van der Waals surface area contributed by atoms with Crippen molar-refractivity contribution in [2.45, 2.75) is 63.2 Å². The summed E-state index contributed by atoms with van der Waals surface area (Å²) in [4.78, 5) is 75.7. The van der Waals surface area contributed by atoms with Crippen LogP contribution in [-0.4, -0.2) is 82.8 Å². The largest absolute Gasteiger partial charge is 0.530 e. The van der Waals surface area contributed by atoms with E-state index >= 15 is 0 Å². The molecular formula is C40H39N4O15P. The number of hydrogen-bond donors (Lipinski definition) is 3. The monoisotopic (exact) mass is 846 g/mol. The van der Waals surface area contributed by atoms with Gasteiger partial charge in [-0.05, 0) is 39.9 Å². The molecule has 2 aliphatic rings. The number of aromatic amines is 1. The van der Waals surface area contributed by atoms with Gasteiger partial charge in [0.15, 0.2) is 18.4 Å². The first-order valence-corrected chi connectivity index (χ1v) is 19.9. The fourth-order valence-electron chi connectivity index (χ4n) is 6.84. The number of phosphoric acid groups is 1. The number of aliphatic carboxylic acids is 1. The van der Waals surface area contributed by atoms with Gasteiger partial charge in [-0.1, -0.05) is 60.7 Å². The molecule has 0 bridgehead atoms. The first-order chi connectivity index (χ1) is 28.7. The molecule has 1 aromatic heterocycles. The molecule has 4 aromatic rings. The van der Waals surface area contributed by atoms with Crippen LogP contribution in [-0.2, 0) is 53.4 Å². The molecule has 3 aromatic carbocycles. The Morgan fingerprint density at radius 2 is 1.53 bits per heavy atom. The number of carbonyl (C=O) groups is 4. The van der Waals surface area contributed by atoms with Crippen LogP contribution in [0.1, 0.15) is 49.1 Å². The molecule has 0 spiro atoms. The van der Waals surface area contributed by atoms with Crippen molar-refractivity contribution >= 4 is 31.8 Å². The van der Waals surface area contributed by atoms with E-state index in [0.717, 1.165) is 52.9 Å². The van der Waals surface area contributed by atoms with Crippen LogP contribution in [0, 0.1) is 11.3 Å². The van der Waals surface area contributed by atoms with Gasteiger partial charge in [-0.3, -0.25) is 33.0 Å². The second kappa shape index (κ2) is 19.0. The Balaban J connectivity index is 1.11. The Kier molecular flexibility index (Phi) is 13.6. The highest BCUT2D eigenvalue weighted by molar-refractivity contribution is 7.48. The van der Waals surface area contributed by atoms with Crippen LogP contribution >= 0.6 is 7.82 Å². The van der Waals surface area contributed by atoms with E-state index in [1.54, 1.807) is 0 Å². The lowest BCUT2D eigenvalue weighted by Crippen LogP contribution is -2.42. The Morgan fingerprint density at radius 1 is 0.900 bits per heavy atom. The molecule has 1 amide bonds. The van der Waals surface area contributed by atoms with Gasteiger partial charge in [-0.2, -0.15) is 5.26 Å². The average molecular weight is 847 g/mol. The van der Waals surface area contributed by atoms with E-state index in [-0.39, 0.29) is 31.1 Å². The van der Waals surface area contributed by atoms with Crippen LogP contribution in [0.2, 0.25) is 0 Å². The predicted molar refractivity (Wildman–Crippen MR) is 206 cm³/mol. The summed E-state index contributed by atoms with van der Waals surface area (Å²) >= 11 is 0. The molecule has 2 heterocycles. The van der Waals surface area contributed by atoms with Gasteiger partial charge in [-0.25, -0.2) is 18.9 Å². The van der Waals surface area contributed by atoms with Gasteiger partial charge in [0.2, 0.25) is 0 Å². The van der Waals surface area contributed by atoms with Crippen molar-refractivity contribution < 1.29 is 61.4 Å². The number of phosphoric ester groups is 1. The van der Waals surface area contributed by atoms with Crippen LogP contribution in [0.3, 0.4) is 0 Å². The normalized spacial score (nSPS) is 19.4. The molecule has 3 N–H and O–H groups in total. The molecule has 1 saturated heterocycles. The highest BCUT2D eigenvalue weighted by Crippen LogP contribution is 2.51. The molecular weight excluding hydrogens is 807 g/mol. The zero-order valence-electron chi connectivity index (χ0n) is 32.1. The smallest absolute Gasteiger partial charge is 0.480 e. The predicted octanol–water partition coefficient (Wildman–Crippen LogP) is 3.97. The Morgan fingerprint density at radius 3 is 2.13 bits per heavy atom. The summed E-state index contributed by atoms with van der Waals surface area (Å²) in [5, 5.41) is 21.4. The molecule has 0 saturated carbocycles. The molecule has 0 radical (unpaired) electrons. The van der Waals surface area contributed by atoms with E-state index in [9.17, 15) is 38.4 Å². The highest BCUT2D eigenvalue weighted by Gasteiger charge is 2.51. The minimum atomic E-state index is -4.64. The maximum atomic E-state index is 14.0. The lowest BCUT2D eigenvalue weighted by molar-refractivity contribution is -0.165. The zero-order valence-corrected chi connectivity index (χ0v) is 33.0. The summed E-state index contributed by atoms with van der Waals surface area (Å²) in [7, 11) is -4.64. The number of nitrogens with zero attached hydrogens (tertiary/aromatic N) is 2. The Labute approximate surface area is 341 Å². The number of carboxylic acid groups (broad SMARTS) is 1. The number of aromatic nitrogens is 2. The third-order valence-corrected chi connectivity index (χ3v) is 10.8. The van der Waals surface area contributed by atoms with Crippen molar-refractivity contribution in [3.63, 3.8) is 0 Å². The lowest BCUT2D eigenvalue weighted by atomic mass is 9.98.